The van der Waals surface area contributed by atoms with Crippen molar-refractivity contribution in [2.45, 2.75) is 44.6 Å². The van der Waals surface area contributed by atoms with Gasteiger partial charge in [0.05, 0.1) is 0 Å². The Morgan fingerprint density at radius 2 is 1.88 bits per heavy atom. The number of hydrogen-bond donors (Lipinski definition) is 0. The molecule has 4 aliphatic carbocycles. The molecule has 4 saturated carbocycles. The van der Waals surface area contributed by atoms with Crippen molar-refractivity contribution in [1.29, 1.82) is 0 Å². The van der Waals surface area contributed by atoms with Gasteiger partial charge in [0.25, 0.3) is 0 Å². The lowest BCUT2D eigenvalue weighted by Gasteiger charge is -2.43. The van der Waals surface area contributed by atoms with Gasteiger partial charge in [-0.25, -0.2) is 4.79 Å². The van der Waals surface area contributed by atoms with Crippen molar-refractivity contribution < 1.29 is 13.9 Å². The molecule has 17 heavy (non-hydrogen) atoms. The highest BCUT2D eigenvalue weighted by Gasteiger charge is 2.66. The molecule has 0 saturated heterocycles. The molecular formula is C14H19FO2. The lowest BCUT2D eigenvalue weighted by molar-refractivity contribution is -0.0678. The van der Waals surface area contributed by atoms with E-state index in [9.17, 15) is 9.18 Å². The van der Waals surface area contributed by atoms with Gasteiger partial charge in [-0.1, -0.05) is 0 Å². The van der Waals surface area contributed by atoms with Crippen molar-refractivity contribution in [2.75, 3.05) is 0 Å². The molecule has 0 amide bonds. The van der Waals surface area contributed by atoms with E-state index in [1.54, 1.807) is 0 Å². The quantitative estimate of drug-likeness (QED) is 0.516. The second-order valence-corrected chi connectivity index (χ2v) is 6.95. The zero-order valence-corrected chi connectivity index (χ0v) is 10.2. The van der Waals surface area contributed by atoms with E-state index in [1.807, 2.05) is 6.92 Å². The predicted octanol–water partition coefficient (Wildman–Crippen LogP) is 3.55. The molecule has 4 fully saturated rings. The van der Waals surface area contributed by atoms with Crippen LogP contribution in [0.15, 0.2) is 0 Å². The van der Waals surface area contributed by atoms with Crippen LogP contribution >= 0.6 is 0 Å². The van der Waals surface area contributed by atoms with Crippen molar-refractivity contribution in [2.24, 2.45) is 35.5 Å². The maximum atomic E-state index is 12.6. The van der Waals surface area contributed by atoms with Crippen LogP contribution in [-0.2, 0) is 4.74 Å². The molecule has 0 aliphatic heterocycles. The summed E-state index contributed by atoms with van der Waals surface area (Å²) >= 11 is 0. The van der Waals surface area contributed by atoms with Gasteiger partial charge in [0.2, 0.25) is 0 Å². The van der Waals surface area contributed by atoms with E-state index in [1.165, 1.54) is 25.7 Å². The third kappa shape index (κ3) is 1.18. The summed E-state index contributed by atoms with van der Waals surface area (Å²) in [6.45, 7) is 1.96. The zero-order chi connectivity index (χ0) is 11.8. The molecule has 0 heterocycles. The summed E-state index contributed by atoms with van der Waals surface area (Å²) in [6.07, 6.45) is 4.65. The molecule has 0 aromatic carbocycles. The molecule has 0 aromatic heterocycles. The minimum atomic E-state index is -1.58. The van der Waals surface area contributed by atoms with E-state index >= 15 is 0 Å². The average molecular weight is 238 g/mol. The van der Waals surface area contributed by atoms with Gasteiger partial charge < -0.3 is 4.74 Å². The smallest absolute Gasteiger partial charge is 0.434 e. The summed E-state index contributed by atoms with van der Waals surface area (Å²) in [5.74, 6) is 4.53. The number of carbonyl (C=O) groups excluding carboxylic acids is 1. The van der Waals surface area contributed by atoms with Gasteiger partial charge in [0.15, 0.2) is 0 Å². The number of fused-ring (bicyclic) bond motifs is 9. The molecule has 7 unspecified atom stereocenters. The Bertz CT molecular complexity index is 382. The number of hydrogen-bond acceptors (Lipinski definition) is 2. The van der Waals surface area contributed by atoms with Gasteiger partial charge in [-0.3, -0.25) is 0 Å². The van der Waals surface area contributed by atoms with Crippen molar-refractivity contribution >= 4 is 6.22 Å². The molecule has 4 aliphatic rings. The van der Waals surface area contributed by atoms with Gasteiger partial charge >= 0.3 is 6.22 Å². The van der Waals surface area contributed by atoms with Crippen molar-refractivity contribution in [1.82, 2.24) is 0 Å². The molecule has 2 nitrogen and oxygen atoms in total. The van der Waals surface area contributed by atoms with Crippen LogP contribution in [0, 0.1) is 35.5 Å². The van der Waals surface area contributed by atoms with E-state index in [-0.39, 0.29) is 0 Å². The van der Waals surface area contributed by atoms with E-state index in [2.05, 4.69) is 0 Å². The lowest BCUT2D eigenvalue weighted by Crippen LogP contribution is -2.45. The van der Waals surface area contributed by atoms with E-state index < -0.39 is 11.8 Å². The Morgan fingerprint density at radius 3 is 2.59 bits per heavy atom. The van der Waals surface area contributed by atoms with E-state index in [0.29, 0.717) is 11.8 Å². The molecule has 0 radical (unpaired) electrons. The Kier molecular flexibility index (Phi) is 1.85. The van der Waals surface area contributed by atoms with Crippen molar-refractivity contribution in [3.8, 4) is 0 Å². The third-order valence-electron chi connectivity index (χ3n) is 6.38. The van der Waals surface area contributed by atoms with Crippen LogP contribution in [0.5, 0.6) is 0 Å². The van der Waals surface area contributed by atoms with Gasteiger partial charge in [0, 0.05) is 5.92 Å². The fourth-order valence-corrected chi connectivity index (χ4v) is 6.17. The minimum absolute atomic E-state index is 0.437. The molecule has 4 bridgehead atoms. The fraction of sp³-hybridized carbons (Fsp3) is 0.929. The zero-order valence-electron chi connectivity index (χ0n) is 10.2. The minimum Gasteiger partial charge on any atom is -0.434 e. The van der Waals surface area contributed by atoms with Crippen LogP contribution in [0.25, 0.3) is 0 Å². The largest absolute Gasteiger partial charge is 0.496 e. The highest BCUT2D eigenvalue weighted by atomic mass is 19.1. The number of ether oxygens (including phenoxy) is 1. The maximum Gasteiger partial charge on any atom is 0.496 e. The summed E-state index contributed by atoms with van der Waals surface area (Å²) in [5.41, 5.74) is -0.498. The summed E-state index contributed by atoms with van der Waals surface area (Å²) in [6, 6.07) is 0. The van der Waals surface area contributed by atoms with Crippen LogP contribution in [-0.4, -0.2) is 11.8 Å². The van der Waals surface area contributed by atoms with Gasteiger partial charge in [0.1, 0.15) is 5.60 Å². The molecule has 7 atom stereocenters. The lowest BCUT2D eigenvalue weighted by atomic mass is 9.66. The van der Waals surface area contributed by atoms with E-state index in [4.69, 9.17) is 4.74 Å². The van der Waals surface area contributed by atoms with Crippen molar-refractivity contribution in [3.63, 3.8) is 0 Å². The van der Waals surface area contributed by atoms with Gasteiger partial charge in [-0.05, 0) is 68.6 Å². The molecule has 94 valence electrons. The van der Waals surface area contributed by atoms with Gasteiger partial charge in [-0.2, -0.15) is 0 Å². The van der Waals surface area contributed by atoms with Crippen LogP contribution in [0.1, 0.15) is 39.0 Å². The first kappa shape index (κ1) is 10.3. The molecule has 3 heteroatoms. The summed E-state index contributed by atoms with van der Waals surface area (Å²) in [4.78, 5) is 10.6. The first-order chi connectivity index (χ1) is 8.08. The summed E-state index contributed by atoms with van der Waals surface area (Å²) < 4.78 is 17.6. The molecule has 0 N–H and O–H groups in total. The normalized spacial score (nSPS) is 58.5. The standard InChI is InChI=1S/C14H19FO2/c1-14(17-13(15)16)6-9-5-10(14)12-8-3-2-7(4-8)11(9)12/h7-12H,2-6H2,1H3. The second-order valence-electron chi connectivity index (χ2n) is 6.95. The fourth-order valence-electron chi connectivity index (χ4n) is 6.17. The second kappa shape index (κ2) is 3.04. The maximum absolute atomic E-state index is 12.6. The van der Waals surface area contributed by atoms with Crippen LogP contribution < -0.4 is 0 Å². The number of halogens is 1. The highest BCUT2D eigenvalue weighted by Crippen LogP contribution is 2.70. The molecule has 0 spiro atoms. The molecule has 4 rings (SSSR count). The summed E-state index contributed by atoms with van der Waals surface area (Å²) in [5, 5.41) is 0. The summed E-state index contributed by atoms with van der Waals surface area (Å²) in [7, 11) is 0. The van der Waals surface area contributed by atoms with Crippen molar-refractivity contribution in [3.05, 3.63) is 0 Å². The topological polar surface area (TPSA) is 26.3 Å². The Labute approximate surface area is 101 Å². The average Bonchev–Trinajstić information content (AvgIpc) is 2.88. The molecule has 0 aromatic rings. The van der Waals surface area contributed by atoms with Crippen LogP contribution in [0.4, 0.5) is 9.18 Å². The van der Waals surface area contributed by atoms with E-state index in [0.717, 1.165) is 30.1 Å². The Balaban J connectivity index is 1.64. The predicted molar refractivity (Wildman–Crippen MR) is 60.0 cm³/mol. The SMILES string of the molecule is CC1(OC(=O)F)CC2CC1C1C3CCC(C3)C21. The van der Waals surface area contributed by atoms with Crippen LogP contribution in [0.3, 0.4) is 0 Å². The monoisotopic (exact) mass is 238 g/mol. The first-order valence-corrected chi connectivity index (χ1v) is 6.97. The van der Waals surface area contributed by atoms with Crippen LogP contribution in [0.2, 0.25) is 0 Å². The number of carbonyl (C=O) groups is 1. The first-order valence-electron chi connectivity index (χ1n) is 6.97. The number of rotatable bonds is 1. The van der Waals surface area contributed by atoms with Gasteiger partial charge in [-0.15, -0.1) is 4.39 Å². The highest BCUT2D eigenvalue weighted by molar-refractivity contribution is 5.59. The molecular weight excluding hydrogens is 219 g/mol. The Hall–Kier alpha value is -0.600. The third-order valence-corrected chi connectivity index (χ3v) is 6.38. The Morgan fingerprint density at radius 1 is 1.18 bits per heavy atom.